The van der Waals surface area contributed by atoms with Gasteiger partial charge in [-0.1, -0.05) is 24.3 Å². The summed E-state index contributed by atoms with van der Waals surface area (Å²) in [7, 11) is 1.82. The second-order valence-electron chi connectivity index (χ2n) is 5.15. The number of rotatable bonds is 6. The second-order valence-corrected chi connectivity index (χ2v) is 5.15. The van der Waals surface area contributed by atoms with Gasteiger partial charge in [0.15, 0.2) is 5.78 Å². The molecule has 0 unspecified atom stereocenters. The smallest absolute Gasteiger partial charge is 0.267 e. The number of allylic oxidation sites excluding steroid dienone is 1. The molecule has 6 heteroatoms. The summed E-state index contributed by atoms with van der Waals surface area (Å²) in [5.74, 6) is -0.707. The number of amides is 1. The fourth-order valence-corrected chi connectivity index (χ4v) is 2.14. The van der Waals surface area contributed by atoms with E-state index < -0.39 is 5.91 Å². The lowest BCUT2D eigenvalue weighted by Gasteiger charge is -2.01. The van der Waals surface area contributed by atoms with Gasteiger partial charge in [-0.2, -0.15) is 0 Å². The zero-order chi connectivity index (χ0) is 17.5. The standard InChI is InChI=1S/C18H19N3O3/c1-21-15(6-7-16(21)9-11-18(23)20-24)8-10-17(22)14-4-2-13(12-19)3-5-14/h2-11,24H,12,19H2,1H3,(H,20,23)/b10-8+,11-9+. The molecule has 0 aliphatic carbocycles. The maximum Gasteiger partial charge on any atom is 0.267 e. The minimum Gasteiger partial charge on any atom is -0.345 e. The number of nitrogens with one attached hydrogen (secondary N) is 1. The molecular weight excluding hydrogens is 306 g/mol. The monoisotopic (exact) mass is 325 g/mol. The summed E-state index contributed by atoms with van der Waals surface area (Å²) >= 11 is 0. The normalized spacial score (nSPS) is 11.3. The molecule has 1 heterocycles. The van der Waals surface area contributed by atoms with E-state index in [1.165, 1.54) is 17.6 Å². The van der Waals surface area contributed by atoms with Crippen LogP contribution in [0.4, 0.5) is 0 Å². The highest BCUT2D eigenvalue weighted by atomic mass is 16.5. The summed E-state index contributed by atoms with van der Waals surface area (Å²) < 4.78 is 1.82. The first-order chi connectivity index (χ1) is 11.5. The highest BCUT2D eigenvalue weighted by Crippen LogP contribution is 2.12. The van der Waals surface area contributed by atoms with Crippen molar-refractivity contribution in [2.45, 2.75) is 6.54 Å². The van der Waals surface area contributed by atoms with Gasteiger partial charge in [-0.05, 0) is 35.9 Å². The predicted octanol–water partition coefficient (Wildman–Crippen LogP) is 1.90. The van der Waals surface area contributed by atoms with Crippen molar-refractivity contribution in [2.24, 2.45) is 12.8 Å². The molecule has 24 heavy (non-hydrogen) atoms. The molecule has 0 fully saturated rings. The molecule has 6 nitrogen and oxygen atoms in total. The number of carbonyl (C=O) groups excluding carboxylic acids is 2. The maximum atomic E-state index is 12.2. The highest BCUT2D eigenvalue weighted by Gasteiger charge is 2.04. The van der Waals surface area contributed by atoms with Gasteiger partial charge < -0.3 is 10.3 Å². The van der Waals surface area contributed by atoms with Crippen LogP contribution in [0.2, 0.25) is 0 Å². The van der Waals surface area contributed by atoms with Crippen molar-refractivity contribution in [3.05, 3.63) is 71.1 Å². The number of hydrogen-bond donors (Lipinski definition) is 3. The first-order valence-corrected chi connectivity index (χ1v) is 7.34. The van der Waals surface area contributed by atoms with Crippen LogP contribution in [0.5, 0.6) is 0 Å². The van der Waals surface area contributed by atoms with E-state index in [9.17, 15) is 9.59 Å². The molecule has 0 bridgehead atoms. The highest BCUT2D eigenvalue weighted by molar-refractivity contribution is 6.06. The van der Waals surface area contributed by atoms with Gasteiger partial charge in [-0.15, -0.1) is 0 Å². The maximum absolute atomic E-state index is 12.2. The van der Waals surface area contributed by atoms with Gasteiger partial charge in [0.2, 0.25) is 0 Å². The number of benzene rings is 1. The Labute approximate surface area is 139 Å². The number of ketones is 1. The summed E-state index contributed by atoms with van der Waals surface area (Å²) in [6.45, 7) is 0.443. The lowest BCUT2D eigenvalue weighted by molar-refractivity contribution is -0.124. The van der Waals surface area contributed by atoms with Gasteiger partial charge in [0.25, 0.3) is 5.91 Å². The SMILES string of the molecule is Cn1c(/C=C/C(=O)NO)ccc1/C=C/C(=O)c1ccc(CN)cc1. The Morgan fingerprint density at radius 1 is 1.08 bits per heavy atom. The first kappa shape index (κ1) is 17.4. The number of hydroxylamine groups is 1. The van der Waals surface area contributed by atoms with Gasteiger partial charge in [-0.3, -0.25) is 14.8 Å². The molecule has 0 radical (unpaired) electrons. The molecule has 124 valence electrons. The van der Waals surface area contributed by atoms with Crippen LogP contribution in [0.3, 0.4) is 0 Å². The topological polar surface area (TPSA) is 97.4 Å². The summed E-state index contributed by atoms with van der Waals surface area (Å²) in [6.07, 6.45) is 5.99. The van der Waals surface area contributed by atoms with Crippen LogP contribution < -0.4 is 11.2 Å². The minimum atomic E-state index is -0.607. The lowest BCUT2D eigenvalue weighted by atomic mass is 10.1. The van der Waals surface area contributed by atoms with Crippen molar-refractivity contribution in [1.29, 1.82) is 0 Å². The van der Waals surface area contributed by atoms with Crippen LogP contribution >= 0.6 is 0 Å². The van der Waals surface area contributed by atoms with Crippen molar-refractivity contribution >= 4 is 23.8 Å². The van der Waals surface area contributed by atoms with Gasteiger partial charge in [0.05, 0.1) is 0 Å². The molecule has 0 saturated heterocycles. The van der Waals surface area contributed by atoms with E-state index in [0.717, 1.165) is 17.0 Å². The second kappa shape index (κ2) is 8.05. The van der Waals surface area contributed by atoms with Crippen molar-refractivity contribution in [3.63, 3.8) is 0 Å². The van der Waals surface area contributed by atoms with Gasteiger partial charge in [-0.25, -0.2) is 5.48 Å². The van der Waals surface area contributed by atoms with E-state index in [0.29, 0.717) is 12.1 Å². The van der Waals surface area contributed by atoms with E-state index in [1.807, 2.05) is 29.8 Å². The van der Waals surface area contributed by atoms with E-state index in [-0.39, 0.29) is 5.78 Å². The Balaban J connectivity index is 2.11. The van der Waals surface area contributed by atoms with E-state index in [2.05, 4.69) is 0 Å². The minimum absolute atomic E-state index is 0.100. The van der Waals surface area contributed by atoms with E-state index >= 15 is 0 Å². The molecule has 2 aromatic rings. The molecule has 1 amide bonds. The van der Waals surface area contributed by atoms with Crippen molar-refractivity contribution in [1.82, 2.24) is 10.0 Å². The summed E-state index contributed by atoms with van der Waals surface area (Å²) in [4.78, 5) is 23.2. The first-order valence-electron chi connectivity index (χ1n) is 7.34. The summed E-state index contributed by atoms with van der Waals surface area (Å²) in [5, 5.41) is 8.46. The van der Waals surface area contributed by atoms with E-state index in [1.54, 1.807) is 30.4 Å². The number of carbonyl (C=O) groups is 2. The Hall–Kier alpha value is -2.96. The van der Waals surface area contributed by atoms with Crippen LogP contribution in [0.25, 0.3) is 12.2 Å². The Kier molecular flexibility index (Phi) is 5.83. The van der Waals surface area contributed by atoms with Gasteiger partial charge in [0.1, 0.15) is 0 Å². The fraction of sp³-hybridized carbons (Fsp3) is 0.111. The van der Waals surface area contributed by atoms with Crippen LogP contribution in [-0.2, 0) is 18.4 Å². The molecular formula is C18H19N3O3. The Bertz CT molecular complexity index is 786. The van der Waals surface area contributed by atoms with Crippen LogP contribution in [0.15, 0.2) is 48.6 Å². The van der Waals surface area contributed by atoms with Crippen molar-refractivity contribution in [3.8, 4) is 0 Å². The van der Waals surface area contributed by atoms with Crippen LogP contribution in [0.1, 0.15) is 27.3 Å². The summed E-state index contributed by atoms with van der Waals surface area (Å²) in [5.41, 5.74) is 10.2. The molecule has 4 N–H and O–H groups in total. The van der Waals surface area contributed by atoms with Gasteiger partial charge in [0, 0.05) is 36.6 Å². The Morgan fingerprint density at radius 3 is 2.21 bits per heavy atom. The molecule has 0 aliphatic heterocycles. The lowest BCUT2D eigenvalue weighted by Crippen LogP contribution is -2.14. The molecule has 0 spiro atoms. The van der Waals surface area contributed by atoms with Gasteiger partial charge >= 0.3 is 0 Å². The fourth-order valence-electron chi connectivity index (χ4n) is 2.14. The van der Waals surface area contributed by atoms with Crippen LogP contribution in [0, 0.1) is 0 Å². The average molecular weight is 325 g/mol. The van der Waals surface area contributed by atoms with Crippen molar-refractivity contribution < 1.29 is 14.8 Å². The third kappa shape index (κ3) is 4.28. The number of hydrogen-bond acceptors (Lipinski definition) is 4. The molecule has 2 rings (SSSR count). The number of nitrogens with zero attached hydrogens (tertiary/aromatic N) is 1. The van der Waals surface area contributed by atoms with Crippen molar-refractivity contribution in [2.75, 3.05) is 0 Å². The molecule has 0 aliphatic rings. The van der Waals surface area contributed by atoms with Crippen LogP contribution in [-0.4, -0.2) is 21.5 Å². The summed E-state index contributed by atoms with van der Waals surface area (Å²) in [6, 6.07) is 10.8. The molecule has 0 atom stereocenters. The average Bonchev–Trinajstić information content (AvgIpc) is 2.97. The molecule has 0 saturated carbocycles. The third-order valence-corrected chi connectivity index (χ3v) is 3.59. The Morgan fingerprint density at radius 2 is 1.67 bits per heavy atom. The molecule has 1 aromatic carbocycles. The number of aromatic nitrogens is 1. The molecule has 1 aromatic heterocycles. The number of nitrogens with two attached hydrogens (primary N) is 1. The van der Waals surface area contributed by atoms with E-state index in [4.69, 9.17) is 10.9 Å². The quantitative estimate of drug-likeness (QED) is 0.327. The zero-order valence-electron chi connectivity index (χ0n) is 13.3. The zero-order valence-corrected chi connectivity index (χ0v) is 13.3. The third-order valence-electron chi connectivity index (χ3n) is 3.59. The largest absolute Gasteiger partial charge is 0.345 e. The predicted molar refractivity (Wildman–Crippen MR) is 92.1 cm³/mol.